The van der Waals surface area contributed by atoms with Gasteiger partial charge >= 0.3 is 0 Å². The average molecular weight is 295 g/mol. The molecule has 1 heterocycles. The largest absolute Gasteiger partial charge is 0.329 e. The first-order valence-corrected chi connectivity index (χ1v) is 7.50. The number of benzene rings is 1. The van der Waals surface area contributed by atoms with Crippen LogP contribution in [-0.4, -0.2) is 18.5 Å². The highest BCUT2D eigenvalue weighted by Crippen LogP contribution is 2.27. The van der Waals surface area contributed by atoms with E-state index in [2.05, 4.69) is 37.1 Å². The van der Waals surface area contributed by atoms with Crippen LogP contribution in [0.25, 0.3) is 0 Å². The van der Waals surface area contributed by atoms with E-state index in [0.717, 1.165) is 11.6 Å². The predicted molar refractivity (Wildman–Crippen MR) is 83.8 cm³/mol. The Morgan fingerprint density at radius 3 is 2.68 bits per heavy atom. The van der Waals surface area contributed by atoms with Gasteiger partial charge in [-0.05, 0) is 43.8 Å². The summed E-state index contributed by atoms with van der Waals surface area (Å²) >= 11 is 7.84. The fourth-order valence-corrected chi connectivity index (χ4v) is 3.45. The van der Waals surface area contributed by atoms with Crippen LogP contribution in [0, 0.1) is 6.92 Å². The number of thiophene rings is 1. The minimum atomic E-state index is 0.262. The molecular weight excluding hydrogens is 276 g/mol. The van der Waals surface area contributed by atoms with Crippen molar-refractivity contribution in [2.45, 2.75) is 19.5 Å². The lowest BCUT2D eigenvalue weighted by molar-refractivity contribution is 0.245. The van der Waals surface area contributed by atoms with Gasteiger partial charge in [0.2, 0.25) is 0 Å². The van der Waals surface area contributed by atoms with Gasteiger partial charge in [-0.15, -0.1) is 11.3 Å². The highest BCUT2D eigenvalue weighted by Gasteiger charge is 2.17. The fraction of sp³-hybridized carbons (Fsp3) is 0.333. The van der Waals surface area contributed by atoms with Crippen molar-refractivity contribution in [1.82, 2.24) is 4.90 Å². The summed E-state index contributed by atoms with van der Waals surface area (Å²) < 4.78 is 0. The van der Waals surface area contributed by atoms with Crippen LogP contribution in [0.5, 0.6) is 0 Å². The zero-order valence-electron chi connectivity index (χ0n) is 11.3. The molecule has 0 aliphatic heterocycles. The van der Waals surface area contributed by atoms with E-state index in [1.165, 1.54) is 15.3 Å². The molecule has 4 heteroatoms. The van der Waals surface area contributed by atoms with Crippen LogP contribution < -0.4 is 5.73 Å². The Kier molecular flexibility index (Phi) is 4.99. The van der Waals surface area contributed by atoms with Gasteiger partial charge in [-0.25, -0.2) is 0 Å². The van der Waals surface area contributed by atoms with Gasteiger partial charge in [0.15, 0.2) is 0 Å². The molecule has 2 nitrogen and oxygen atoms in total. The molecule has 0 bridgehead atoms. The van der Waals surface area contributed by atoms with Crippen molar-refractivity contribution in [3.05, 3.63) is 56.7 Å². The molecule has 0 spiro atoms. The minimum absolute atomic E-state index is 0.262. The van der Waals surface area contributed by atoms with E-state index in [1.807, 2.05) is 29.5 Å². The van der Waals surface area contributed by atoms with Crippen LogP contribution in [-0.2, 0) is 6.54 Å². The summed E-state index contributed by atoms with van der Waals surface area (Å²) in [6.45, 7) is 3.59. The molecule has 2 aromatic rings. The molecule has 1 unspecified atom stereocenters. The molecule has 1 atom stereocenters. The highest BCUT2D eigenvalue weighted by molar-refractivity contribution is 7.12. The Morgan fingerprint density at radius 1 is 1.32 bits per heavy atom. The van der Waals surface area contributed by atoms with E-state index in [1.54, 1.807) is 0 Å². The zero-order valence-corrected chi connectivity index (χ0v) is 12.8. The maximum atomic E-state index is 6.02. The Balaban J connectivity index is 2.11. The third-order valence-electron chi connectivity index (χ3n) is 3.17. The molecular formula is C15H19ClN2S. The van der Waals surface area contributed by atoms with Gasteiger partial charge in [0.1, 0.15) is 0 Å². The van der Waals surface area contributed by atoms with E-state index >= 15 is 0 Å². The number of rotatable bonds is 5. The first-order chi connectivity index (χ1) is 9.10. The Morgan fingerprint density at radius 2 is 2.11 bits per heavy atom. The summed E-state index contributed by atoms with van der Waals surface area (Å²) in [5, 5.41) is 0.780. The smallest absolute Gasteiger partial charge is 0.0564 e. The lowest BCUT2D eigenvalue weighted by Crippen LogP contribution is -2.29. The molecule has 102 valence electrons. The van der Waals surface area contributed by atoms with E-state index in [-0.39, 0.29) is 6.04 Å². The van der Waals surface area contributed by atoms with Gasteiger partial charge in [0, 0.05) is 27.9 Å². The van der Waals surface area contributed by atoms with Gasteiger partial charge < -0.3 is 5.73 Å². The summed E-state index contributed by atoms with van der Waals surface area (Å²) in [6.07, 6.45) is 0. The molecule has 1 aromatic carbocycles. The lowest BCUT2D eigenvalue weighted by atomic mass is 10.1. The van der Waals surface area contributed by atoms with Gasteiger partial charge in [-0.3, -0.25) is 4.90 Å². The summed E-state index contributed by atoms with van der Waals surface area (Å²) in [4.78, 5) is 4.92. The molecule has 0 fully saturated rings. The number of nitrogens with zero attached hydrogens (tertiary/aromatic N) is 1. The second-order valence-corrected chi connectivity index (χ2v) is 6.50. The number of aryl methyl sites for hydroxylation is 1. The van der Waals surface area contributed by atoms with Crippen molar-refractivity contribution in [3.8, 4) is 0 Å². The number of likely N-dealkylation sites (N-methyl/N-ethyl adjacent to an activating group) is 1. The number of nitrogens with two attached hydrogens (primary N) is 1. The standard InChI is InChI=1S/C15H19ClN2S/c1-11-6-7-15(19-11)14(9-17)18(2)10-12-4-3-5-13(16)8-12/h3-8,14H,9-10,17H2,1-2H3. The van der Waals surface area contributed by atoms with Crippen LogP contribution in [0.15, 0.2) is 36.4 Å². The van der Waals surface area contributed by atoms with Crippen molar-refractivity contribution < 1.29 is 0 Å². The summed E-state index contributed by atoms with van der Waals surface area (Å²) in [7, 11) is 2.10. The molecule has 1 aromatic heterocycles. The van der Waals surface area contributed by atoms with Crippen molar-refractivity contribution in [3.63, 3.8) is 0 Å². The molecule has 0 aliphatic carbocycles. The number of halogens is 1. The quantitative estimate of drug-likeness (QED) is 0.908. The molecule has 0 saturated carbocycles. The second kappa shape index (κ2) is 6.53. The maximum Gasteiger partial charge on any atom is 0.0564 e. The minimum Gasteiger partial charge on any atom is -0.329 e. The number of hydrogen-bond acceptors (Lipinski definition) is 3. The molecule has 2 N–H and O–H groups in total. The summed E-state index contributed by atoms with van der Waals surface area (Å²) in [5.41, 5.74) is 7.15. The van der Waals surface area contributed by atoms with Crippen LogP contribution in [0.4, 0.5) is 0 Å². The molecule has 2 rings (SSSR count). The van der Waals surface area contributed by atoms with Crippen molar-refractivity contribution >= 4 is 22.9 Å². The van der Waals surface area contributed by atoms with E-state index in [9.17, 15) is 0 Å². The van der Waals surface area contributed by atoms with Gasteiger partial charge in [0.05, 0.1) is 6.04 Å². The Labute approximate surface area is 123 Å². The average Bonchev–Trinajstić information content (AvgIpc) is 2.76. The van der Waals surface area contributed by atoms with Gasteiger partial charge in [0.25, 0.3) is 0 Å². The monoisotopic (exact) mass is 294 g/mol. The molecule has 0 amide bonds. The van der Waals surface area contributed by atoms with Crippen LogP contribution in [0.2, 0.25) is 5.02 Å². The lowest BCUT2D eigenvalue weighted by Gasteiger charge is -2.26. The van der Waals surface area contributed by atoms with Gasteiger partial charge in [-0.1, -0.05) is 23.7 Å². The van der Waals surface area contributed by atoms with Gasteiger partial charge in [-0.2, -0.15) is 0 Å². The SMILES string of the molecule is Cc1ccc(C(CN)N(C)Cc2cccc(Cl)c2)s1. The first kappa shape index (κ1) is 14.5. The predicted octanol–water partition coefficient (Wildman–Crippen LogP) is 3.84. The molecule has 0 aliphatic rings. The van der Waals surface area contributed by atoms with E-state index in [0.29, 0.717) is 6.54 Å². The number of hydrogen-bond donors (Lipinski definition) is 1. The Bertz CT molecular complexity index is 538. The van der Waals surface area contributed by atoms with Crippen molar-refractivity contribution in [2.24, 2.45) is 5.73 Å². The van der Waals surface area contributed by atoms with E-state index in [4.69, 9.17) is 17.3 Å². The fourth-order valence-electron chi connectivity index (χ4n) is 2.18. The first-order valence-electron chi connectivity index (χ1n) is 6.31. The Hall–Kier alpha value is -0.870. The highest BCUT2D eigenvalue weighted by atomic mass is 35.5. The molecule has 0 saturated heterocycles. The van der Waals surface area contributed by atoms with Crippen molar-refractivity contribution in [2.75, 3.05) is 13.6 Å². The zero-order chi connectivity index (χ0) is 13.8. The summed E-state index contributed by atoms with van der Waals surface area (Å²) in [6, 6.07) is 12.6. The third kappa shape index (κ3) is 3.80. The molecule has 19 heavy (non-hydrogen) atoms. The van der Waals surface area contributed by atoms with Crippen LogP contribution >= 0.6 is 22.9 Å². The maximum absolute atomic E-state index is 6.02. The topological polar surface area (TPSA) is 29.3 Å². The summed E-state index contributed by atoms with van der Waals surface area (Å²) in [5.74, 6) is 0. The van der Waals surface area contributed by atoms with E-state index < -0.39 is 0 Å². The van der Waals surface area contributed by atoms with Crippen molar-refractivity contribution in [1.29, 1.82) is 0 Å². The molecule has 0 radical (unpaired) electrons. The normalized spacial score (nSPS) is 12.9. The third-order valence-corrected chi connectivity index (χ3v) is 4.50. The van der Waals surface area contributed by atoms with Crippen LogP contribution in [0.3, 0.4) is 0 Å². The second-order valence-electron chi connectivity index (χ2n) is 4.74. The van der Waals surface area contributed by atoms with Crippen LogP contribution in [0.1, 0.15) is 21.4 Å².